The van der Waals surface area contributed by atoms with E-state index in [1.165, 1.54) is 12.8 Å². The monoisotopic (exact) mass is 165 g/mol. The molecule has 0 saturated heterocycles. The van der Waals surface area contributed by atoms with Crippen molar-refractivity contribution in [3.05, 3.63) is 36.6 Å². The second kappa shape index (κ2) is 10.0. The first-order chi connectivity index (χ1) is 5.91. The molecule has 0 fully saturated rings. The minimum atomic E-state index is 0.982. The third-order valence-corrected chi connectivity index (χ3v) is 1.34. The zero-order chi connectivity index (χ0) is 9.07. The molecule has 0 heterocycles. The van der Waals surface area contributed by atoms with Crippen LogP contribution in [-0.4, -0.2) is 6.54 Å². The van der Waals surface area contributed by atoms with Crippen molar-refractivity contribution in [2.45, 2.75) is 26.7 Å². The molecule has 0 atom stereocenters. The molecule has 0 unspecified atom stereocenters. The van der Waals surface area contributed by atoms with Gasteiger partial charge in [0.15, 0.2) is 0 Å². The average molecular weight is 165 g/mol. The van der Waals surface area contributed by atoms with Gasteiger partial charge in [0.25, 0.3) is 0 Å². The van der Waals surface area contributed by atoms with E-state index >= 15 is 0 Å². The van der Waals surface area contributed by atoms with Crippen molar-refractivity contribution in [1.29, 1.82) is 0 Å². The van der Waals surface area contributed by atoms with Crippen LogP contribution in [0.4, 0.5) is 0 Å². The van der Waals surface area contributed by atoms with Gasteiger partial charge in [-0.15, -0.1) is 0 Å². The van der Waals surface area contributed by atoms with Gasteiger partial charge in [0.1, 0.15) is 0 Å². The maximum Gasteiger partial charge on any atom is 0.0113 e. The van der Waals surface area contributed by atoms with Gasteiger partial charge in [0, 0.05) is 6.54 Å². The van der Waals surface area contributed by atoms with Crippen LogP contribution in [0.1, 0.15) is 26.7 Å². The molecule has 0 spiro atoms. The Morgan fingerprint density at radius 1 is 1.00 bits per heavy atom. The molecule has 0 radical (unpaired) electrons. The van der Waals surface area contributed by atoms with E-state index in [0.29, 0.717) is 0 Å². The Kier molecular flexibility index (Phi) is 9.20. The van der Waals surface area contributed by atoms with Crippen LogP contribution in [-0.2, 0) is 0 Å². The highest BCUT2D eigenvalue weighted by atomic mass is 14.8. The standard InChI is InChI=1S/C11H19N/c1-3-5-6-7-8-9-10-11-12-4-2/h6-12H,3-5H2,1-2H3/b7-6-,9-8+,11-10+. The molecule has 1 N–H and O–H groups in total. The summed E-state index contributed by atoms with van der Waals surface area (Å²) in [6, 6.07) is 0. The number of rotatable bonds is 6. The smallest absolute Gasteiger partial charge is 0.0113 e. The largest absolute Gasteiger partial charge is 0.391 e. The van der Waals surface area contributed by atoms with Gasteiger partial charge in [0.05, 0.1) is 0 Å². The molecule has 1 heteroatoms. The minimum absolute atomic E-state index is 0.982. The average Bonchev–Trinajstić information content (AvgIpc) is 2.10. The molecule has 0 aromatic rings. The van der Waals surface area contributed by atoms with Crippen molar-refractivity contribution < 1.29 is 0 Å². The van der Waals surface area contributed by atoms with E-state index in [-0.39, 0.29) is 0 Å². The number of nitrogens with one attached hydrogen (secondary N) is 1. The summed E-state index contributed by atoms with van der Waals surface area (Å²) in [5.41, 5.74) is 0. The number of allylic oxidation sites excluding steroid dienone is 5. The molecule has 0 aliphatic rings. The van der Waals surface area contributed by atoms with Crippen molar-refractivity contribution >= 4 is 0 Å². The SMILES string of the molecule is CCC\C=C/C=C/C=C/NCC. The summed E-state index contributed by atoms with van der Waals surface area (Å²) in [7, 11) is 0. The lowest BCUT2D eigenvalue weighted by molar-refractivity contribution is 0.919. The predicted octanol–water partition coefficient (Wildman–Crippen LogP) is 3.02. The van der Waals surface area contributed by atoms with Crippen molar-refractivity contribution in [2.24, 2.45) is 0 Å². The molecule has 12 heavy (non-hydrogen) atoms. The molecule has 0 aliphatic carbocycles. The Balaban J connectivity index is 3.35. The fraction of sp³-hybridized carbons (Fsp3) is 0.455. The van der Waals surface area contributed by atoms with E-state index in [1.807, 2.05) is 24.4 Å². The van der Waals surface area contributed by atoms with E-state index in [9.17, 15) is 0 Å². The molecule has 68 valence electrons. The lowest BCUT2D eigenvalue weighted by Gasteiger charge is -1.87. The Morgan fingerprint density at radius 3 is 2.42 bits per heavy atom. The lowest BCUT2D eigenvalue weighted by atomic mass is 10.3. The van der Waals surface area contributed by atoms with E-state index in [4.69, 9.17) is 0 Å². The van der Waals surface area contributed by atoms with Gasteiger partial charge in [0.2, 0.25) is 0 Å². The van der Waals surface area contributed by atoms with Crippen LogP contribution >= 0.6 is 0 Å². The minimum Gasteiger partial charge on any atom is -0.391 e. The van der Waals surface area contributed by atoms with Crippen molar-refractivity contribution in [2.75, 3.05) is 6.54 Å². The molecule has 0 aromatic carbocycles. The second-order valence-corrected chi connectivity index (χ2v) is 2.52. The van der Waals surface area contributed by atoms with Crippen LogP contribution < -0.4 is 5.32 Å². The van der Waals surface area contributed by atoms with Crippen LogP contribution in [0.25, 0.3) is 0 Å². The molecule has 0 bridgehead atoms. The van der Waals surface area contributed by atoms with E-state index < -0.39 is 0 Å². The summed E-state index contributed by atoms with van der Waals surface area (Å²) in [6.45, 7) is 5.24. The molecular formula is C11H19N. The maximum absolute atomic E-state index is 3.09. The highest BCUT2D eigenvalue weighted by molar-refractivity contribution is 5.10. The topological polar surface area (TPSA) is 12.0 Å². The summed E-state index contributed by atoms with van der Waals surface area (Å²) in [5.74, 6) is 0. The van der Waals surface area contributed by atoms with Crippen LogP contribution in [0.3, 0.4) is 0 Å². The molecule has 0 aliphatic heterocycles. The Morgan fingerprint density at radius 2 is 1.75 bits per heavy atom. The Bertz CT molecular complexity index is 136. The first-order valence-electron chi connectivity index (χ1n) is 4.63. The van der Waals surface area contributed by atoms with Crippen molar-refractivity contribution in [3.63, 3.8) is 0 Å². The second-order valence-electron chi connectivity index (χ2n) is 2.52. The highest BCUT2D eigenvalue weighted by Crippen LogP contribution is 1.88. The third-order valence-electron chi connectivity index (χ3n) is 1.34. The van der Waals surface area contributed by atoms with Crippen LogP contribution in [0.15, 0.2) is 36.6 Å². The van der Waals surface area contributed by atoms with E-state index in [1.54, 1.807) is 0 Å². The molecule has 0 aromatic heterocycles. The Labute approximate surface area is 75.9 Å². The van der Waals surface area contributed by atoms with Gasteiger partial charge in [-0.2, -0.15) is 0 Å². The molecular weight excluding hydrogens is 146 g/mol. The predicted molar refractivity (Wildman–Crippen MR) is 56.0 cm³/mol. The maximum atomic E-state index is 3.09. The summed E-state index contributed by atoms with van der Waals surface area (Å²) in [5, 5.41) is 3.09. The molecule has 1 nitrogen and oxygen atoms in total. The van der Waals surface area contributed by atoms with Crippen molar-refractivity contribution in [1.82, 2.24) is 5.32 Å². The third kappa shape index (κ3) is 9.02. The quantitative estimate of drug-likeness (QED) is 0.596. The summed E-state index contributed by atoms with van der Waals surface area (Å²) < 4.78 is 0. The van der Waals surface area contributed by atoms with Gasteiger partial charge in [-0.25, -0.2) is 0 Å². The van der Waals surface area contributed by atoms with E-state index in [0.717, 1.165) is 6.54 Å². The first kappa shape index (κ1) is 11.0. The van der Waals surface area contributed by atoms with Gasteiger partial charge in [-0.3, -0.25) is 0 Å². The summed E-state index contributed by atoms with van der Waals surface area (Å²) >= 11 is 0. The number of unbranched alkanes of at least 4 members (excludes halogenated alkanes) is 1. The summed E-state index contributed by atoms with van der Waals surface area (Å²) in [6.07, 6.45) is 14.7. The van der Waals surface area contributed by atoms with Crippen molar-refractivity contribution in [3.8, 4) is 0 Å². The molecule has 0 amide bonds. The number of hydrogen-bond acceptors (Lipinski definition) is 1. The highest BCUT2D eigenvalue weighted by Gasteiger charge is 1.68. The molecule has 0 rings (SSSR count). The summed E-state index contributed by atoms with van der Waals surface area (Å²) in [4.78, 5) is 0. The van der Waals surface area contributed by atoms with Gasteiger partial charge >= 0.3 is 0 Å². The van der Waals surface area contributed by atoms with E-state index in [2.05, 4.69) is 31.3 Å². The van der Waals surface area contributed by atoms with Gasteiger partial charge in [-0.1, -0.05) is 37.6 Å². The van der Waals surface area contributed by atoms with Gasteiger partial charge < -0.3 is 5.32 Å². The van der Waals surface area contributed by atoms with Crippen LogP contribution in [0.2, 0.25) is 0 Å². The van der Waals surface area contributed by atoms with Gasteiger partial charge in [-0.05, 0) is 25.6 Å². The normalized spacial score (nSPS) is 12.2. The fourth-order valence-corrected chi connectivity index (χ4v) is 0.711. The number of hydrogen-bond donors (Lipinski definition) is 1. The first-order valence-corrected chi connectivity index (χ1v) is 4.63. The zero-order valence-corrected chi connectivity index (χ0v) is 8.09. The van der Waals surface area contributed by atoms with Crippen LogP contribution in [0, 0.1) is 0 Å². The lowest BCUT2D eigenvalue weighted by Crippen LogP contribution is -2.00. The fourth-order valence-electron chi connectivity index (χ4n) is 0.711. The zero-order valence-electron chi connectivity index (χ0n) is 8.09. The Hall–Kier alpha value is -0.980. The molecule has 0 saturated carbocycles. The van der Waals surface area contributed by atoms with Crippen LogP contribution in [0.5, 0.6) is 0 Å².